The van der Waals surface area contributed by atoms with Crippen LogP contribution in [0.3, 0.4) is 0 Å². The number of hydrogen-bond donors (Lipinski definition) is 0. The molecule has 0 amide bonds. The van der Waals surface area contributed by atoms with E-state index in [2.05, 4.69) is 49.9 Å². The average molecular weight is 204 g/mol. The summed E-state index contributed by atoms with van der Waals surface area (Å²) < 4.78 is 0. The fourth-order valence-corrected chi connectivity index (χ4v) is 1.01. The first kappa shape index (κ1) is 16.3. The van der Waals surface area contributed by atoms with Crippen molar-refractivity contribution in [2.24, 2.45) is 0 Å². The highest BCUT2D eigenvalue weighted by Gasteiger charge is 1.98. The Bertz CT molecular complexity index is 99.9. The summed E-state index contributed by atoms with van der Waals surface area (Å²) in [6.07, 6.45) is 0. The molecule has 0 aliphatic heterocycles. The summed E-state index contributed by atoms with van der Waals surface area (Å²) >= 11 is 0. The molecule has 0 saturated carbocycles. The van der Waals surface area contributed by atoms with Crippen LogP contribution in [0, 0.1) is 0 Å². The molecule has 14 heavy (non-hydrogen) atoms. The molecule has 0 aliphatic carbocycles. The van der Waals surface area contributed by atoms with Crippen molar-refractivity contribution in [1.29, 1.82) is 0 Å². The van der Waals surface area contributed by atoms with Gasteiger partial charge in [0.1, 0.15) is 0 Å². The number of nitrogens with zero attached hydrogens (tertiary/aromatic N) is 4. The molecule has 0 rings (SSSR count). The third-order valence-electron chi connectivity index (χ3n) is 1.05. The van der Waals surface area contributed by atoms with Gasteiger partial charge in [0.05, 0.1) is 13.3 Å². The zero-order valence-corrected chi connectivity index (χ0v) is 11.2. The van der Waals surface area contributed by atoms with E-state index in [-0.39, 0.29) is 0 Å². The summed E-state index contributed by atoms with van der Waals surface area (Å²) in [5, 5.41) is 0. The van der Waals surface area contributed by atoms with E-state index in [1.54, 1.807) is 0 Å². The summed E-state index contributed by atoms with van der Waals surface area (Å²) in [5.41, 5.74) is 0. The van der Waals surface area contributed by atoms with Crippen molar-refractivity contribution in [3.05, 3.63) is 0 Å². The van der Waals surface area contributed by atoms with E-state index in [0.717, 1.165) is 13.3 Å². The second kappa shape index (κ2) is 9.40. The Hall–Kier alpha value is -0.160. The third-order valence-corrected chi connectivity index (χ3v) is 1.05. The molecule has 0 unspecified atom stereocenters. The van der Waals surface area contributed by atoms with Crippen LogP contribution in [0.2, 0.25) is 0 Å². The van der Waals surface area contributed by atoms with Crippen molar-refractivity contribution >= 4 is 0 Å². The van der Waals surface area contributed by atoms with Gasteiger partial charge in [-0.05, 0) is 56.4 Å². The highest BCUT2D eigenvalue weighted by molar-refractivity contribution is 4.45. The van der Waals surface area contributed by atoms with E-state index in [1.807, 2.05) is 26.0 Å². The molecule has 0 atom stereocenters. The topological polar surface area (TPSA) is 13.0 Å². The monoisotopic (exact) mass is 204 g/mol. The van der Waals surface area contributed by atoms with E-state index < -0.39 is 0 Å². The molecular formula is C10H28N4. The van der Waals surface area contributed by atoms with Crippen LogP contribution in [0.15, 0.2) is 0 Å². The number of hydrogen-bond acceptors (Lipinski definition) is 4. The summed E-state index contributed by atoms with van der Waals surface area (Å²) in [6.45, 7) is 2.02. The molecule has 0 aromatic rings. The minimum atomic E-state index is 1.01. The van der Waals surface area contributed by atoms with Crippen molar-refractivity contribution in [3.63, 3.8) is 0 Å². The molecule has 0 saturated heterocycles. The molecule has 4 nitrogen and oxygen atoms in total. The molecule has 0 fully saturated rings. The first-order chi connectivity index (χ1) is 6.25. The fraction of sp³-hybridized carbons (Fsp3) is 1.00. The van der Waals surface area contributed by atoms with Gasteiger partial charge in [-0.2, -0.15) is 0 Å². The maximum atomic E-state index is 2.25. The Morgan fingerprint density at radius 2 is 0.786 bits per heavy atom. The minimum Gasteiger partial charge on any atom is -0.312 e. The van der Waals surface area contributed by atoms with Crippen molar-refractivity contribution < 1.29 is 0 Å². The van der Waals surface area contributed by atoms with Gasteiger partial charge in [-0.3, -0.25) is 14.7 Å². The Morgan fingerprint density at radius 1 is 0.571 bits per heavy atom. The van der Waals surface area contributed by atoms with Gasteiger partial charge >= 0.3 is 0 Å². The Labute approximate surface area is 90.1 Å². The van der Waals surface area contributed by atoms with Crippen molar-refractivity contribution in [2.75, 3.05) is 69.7 Å². The van der Waals surface area contributed by atoms with Gasteiger partial charge in [0.15, 0.2) is 0 Å². The van der Waals surface area contributed by atoms with Crippen molar-refractivity contribution in [3.8, 4) is 0 Å². The lowest BCUT2D eigenvalue weighted by atomic mass is 10.7. The molecule has 0 radical (unpaired) electrons. The smallest absolute Gasteiger partial charge is 0.0509 e. The largest absolute Gasteiger partial charge is 0.312 e. The molecular weight excluding hydrogens is 176 g/mol. The first-order valence-electron chi connectivity index (χ1n) is 4.84. The van der Waals surface area contributed by atoms with Gasteiger partial charge in [0.2, 0.25) is 0 Å². The van der Waals surface area contributed by atoms with Crippen molar-refractivity contribution in [2.45, 2.75) is 0 Å². The van der Waals surface area contributed by atoms with Crippen LogP contribution < -0.4 is 0 Å². The van der Waals surface area contributed by atoms with Crippen LogP contribution >= 0.6 is 0 Å². The van der Waals surface area contributed by atoms with Gasteiger partial charge in [-0.15, -0.1) is 0 Å². The molecule has 0 aliphatic rings. The molecule has 0 heterocycles. The summed E-state index contributed by atoms with van der Waals surface area (Å²) in [7, 11) is 16.4. The summed E-state index contributed by atoms with van der Waals surface area (Å²) in [5.74, 6) is 0. The SMILES string of the molecule is CN(C)C.CN(C)CN(C)CN(C)C. The number of rotatable bonds is 4. The molecule has 0 spiro atoms. The standard InChI is InChI=1S/C7H19N3.C3H9N/c1-8(2)6-10(5)7-9(3)4;1-4(2)3/h6-7H2,1-5H3;1-3H3. The molecule has 0 bridgehead atoms. The quantitative estimate of drug-likeness (QED) is 0.604. The van der Waals surface area contributed by atoms with Crippen molar-refractivity contribution in [1.82, 2.24) is 19.6 Å². The van der Waals surface area contributed by atoms with Gasteiger partial charge in [-0.25, -0.2) is 0 Å². The van der Waals surface area contributed by atoms with E-state index in [4.69, 9.17) is 0 Å². The van der Waals surface area contributed by atoms with E-state index in [1.165, 1.54) is 0 Å². The lowest BCUT2D eigenvalue weighted by molar-refractivity contribution is 0.147. The van der Waals surface area contributed by atoms with Gasteiger partial charge in [-0.1, -0.05) is 0 Å². The van der Waals surface area contributed by atoms with Crippen LogP contribution in [0.25, 0.3) is 0 Å². The highest BCUT2D eigenvalue weighted by Crippen LogP contribution is 1.85. The van der Waals surface area contributed by atoms with Crippen LogP contribution in [-0.4, -0.2) is 89.3 Å². The summed E-state index contributed by atoms with van der Waals surface area (Å²) in [4.78, 5) is 8.56. The van der Waals surface area contributed by atoms with Crippen LogP contribution in [-0.2, 0) is 0 Å². The third kappa shape index (κ3) is 22.6. The lowest BCUT2D eigenvalue weighted by Gasteiger charge is -2.24. The average Bonchev–Trinajstić information content (AvgIpc) is 1.79. The zero-order valence-electron chi connectivity index (χ0n) is 11.2. The normalized spacial score (nSPS) is 11.1. The Kier molecular flexibility index (Phi) is 10.9. The second-order valence-electron chi connectivity index (χ2n) is 4.64. The van der Waals surface area contributed by atoms with E-state index in [0.29, 0.717) is 0 Å². The predicted octanol–water partition coefficient (Wildman–Crippen LogP) is 0.134. The maximum Gasteiger partial charge on any atom is 0.0509 e. The minimum absolute atomic E-state index is 1.01. The van der Waals surface area contributed by atoms with Gasteiger partial charge in [0, 0.05) is 0 Å². The molecule has 88 valence electrons. The van der Waals surface area contributed by atoms with Crippen LogP contribution in [0.1, 0.15) is 0 Å². The van der Waals surface area contributed by atoms with Crippen LogP contribution in [0.4, 0.5) is 0 Å². The highest BCUT2D eigenvalue weighted by atomic mass is 15.3. The van der Waals surface area contributed by atoms with Crippen LogP contribution in [0.5, 0.6) is 0 Å². The van der Waals surface area contributed by atoms with E-state index in [9.17, 15) is 0 Å². The summed E-state index contributed by atoms with van der Waals surface area (Å²) in [6, 6.07) is 0. The molecule has 0 aromatic heterocycles. The molecule has 0 N–H and O–H groups in total. The van der Waals surface area contributed by atoms with Gasteiger partial charge < -0.3 is 4.90 Å². The lowest BCUT2D eigenvalue weighted by Crippen LogP contribution is -2.36. The second-order valence-corrected chi connectivity index (χ2v) is 4.64. The molecule has 0 aromatic carbocycles. The fourth-order valence-electron chi connectivity index (χ4n) is 1.01. The maximum absolute atomic E-state index is 2.25. The first-order valence-corrected chi connectivity index (χ1v) is 4.84. The predicted molar refractivity (Wildman–Crippen MR) is 64.5 cm³/mol. The Balaban J connectivity index is 0. The molecule has 4 heteroatoms. The van der Waals surface area contributed by atoms with Gasteiger partial charge in [0.25, 0.3) is 0 Å². The van der Waals surface area contributed by atoms with E-state index >= 15 is 0 Å². The zero-order chi connectivity index (χ0) is 11.7. The Morgan fingerprint density at radius 3 is 0.929 bits per heavy atom.